The van der Waals surface area contributed by atoms with E-state index in [2.05, 4.69) is 10.3 Å². The summed E-state index contributed by atoms with van der Waals surface area (Å²) < 4.78 is 0. The second kappa shape index (κ2) is 5.94. The van der Waals surface area contributed by atoms with Crippen molar-refractivity contribution in [1.82, 2.24) is 10.3 Å². The van der Waals surface area contributed by atoms with Gasteiger partial charge in [0.25, 0.3) is 5.91 Å². The first kappa shape index (κ1) is 14.6. The first-order chi connectivity index (χ1) is 8.82. The SMILES string of the molecule is CC(C)[C@H](NC(=O)c1ccc(C(N)=O)cn1)C(=O)O. The Balaban J connectivity index is 2.83. The summed E-state index contributed by atoms with van der Waals surface area (Å²) in [6.45, 7) is 3.37. The van der Waals surface area contributed by atoms with Gasteiger partial charge in [-0.25, -0.2) is 4.79 Å². The molecule has 1 rings (SSSR count). The Bertz CT molecular complexity index is 496. The number of nitrogens with zero attached hydrogens (tertiary/aromatic N) is 1. The lowest BCUT2D eigenvalue weighted by atomic mass is 10.0. The number of carboxylic acid groups (broad SMARTS) is 1. The Hall–Kier alpha value is -2.44. The van der Waals surface area contributed by atoms with Crippen molar-refractivity contribution in [2.45, 2.75) is 19.9 Å². The van der Waals surface area contributed by atoms with Gasteiger partial charge in [-0.1, -0.05) is 13.8 Å². The summed E-state index contributed by atoms with van der Waals surface area (Å²) >= 11 is 0. The lowest BCUT2D eigenvalue weighted by molar-refractivity contribution is -0.140. The number of rotatable bonds is 5. The number of carbonyl (C=O) groups is 3. The van der Waals surface area contributed by atoms with Crippen LogP contribution in [-0.4, -0.2) is 33.9 Å². The fraction of sp³-hybridized carbons (Fsp3) is 0.333. The third-order valence-electron chi connectivity index (χ3n) is 2.50. The minimum absolute atomic E-state index is 0.0249. The molecular formula is C12H15N3O4. The van der Waals surface area contributed by atoms with Gasteiger partial charge in [0.1, 0.15) is 11.7 Å². The third kappa shape index (κ3) is 3.77. The zero-order chi connectivity index (χ0) is 14.6. The number of hydrogen-bond acceptors (Lipinski definition) is 4. The Morgan fingerprint density at radius 2 is 1.95 bits per heavy atom. The van der Waals surface area contributed by atoms with E-state index in [9.17, 15) is 14.4 Å². The van der Waals surface area contributed by atoms with Crippen molar-refractivity contribution >= 4 is 17.8 Å². The number of aliphatic carboxylic acids is 1. The van der Waals surface area contributed by atoms with E-state index in [1.807, 2.05) is 0 Å². The highest BCUT2D eigenvalue weighted by Crippen LogP contribution is 2.05. The summed E-state index contributed by atoms with van der Waals surface area (Å²) in [6, 6.07) is 1.68. The molecule has 0 saturated heterocycles. The fourth-order valence-corrected chi connectivity index (χ4v) is 1.40. The van der Waals surface area contributed by atoms with Crippen LogP contribution in [0.15, 0.2) is 18.3 Å². The number of nitrogens with one attached hydrogen (secondary N) is 1. The van der Waals surface area contributed by atoms with E-state index in [0.29, 0.717) is 0 Å². The molecule has 19 heavy (non-hydrogen) atoms. The third-order valence-corrected chi connectivity index (χ3v) is 2.50. The van der Waals surface area contributed by atoms with E-state index >= 15 is 0 Å². The molecule has 0 fully saturated rings. The van der Waals surface area contributed by atoms with E-state index in [1.54, 1.807) is 13.8 Å². The molecule has 0 radical (unpaired) electrons. The number of amides is 2. The van der Waals surface area contributed by atoms with Gasteiger partial charge >= 0.3 is 5.97 Å². The minimum Gasteiger partial charge on any atom is -0.480 e. The second-order valence-corrected chi connectivity index (χ2v) is 4.33. The number of carbonyl (C=O) groups excluding carboxylic acids is 2. The minimum atomic E-state index is -1.11. The summed E-state index contributed by atoms with van der Waals surface area (Å²) in [5.41, 5.74) is 5.24. The van der Waals surface area contributed by atoms with Gasteiger partial charge in [0.2, 0.25) is 5.91 Å². The molecule has 1 aromatic rings. The Morgan fingerprint density at radius 1 is 1.32 bits per heavy atom. The molecule has 7 nitrogen and oxygen atoms in total. The van der Waals surface area contributed by atoms with E-state index in [0.717, 1.165) is 0 Å². The van der Waals surface area contributed by atoms with Crippen molar-refractivity contribution in [3.63, 3.8) is 0 Å². The van der Waals surface area contributed by atoms with Crippen molar-refractivity contribution in [1.29, 1.82) is 0 Å². The Kier molecular flexibility index (Phi) is 4.57. The molecule has 2 amide bonds. The maximum absolute atomic E-state index is 11.8. The monoisotopic (exact) mass is 265 g/mol. The Labute approximate surface area is 109 Å². The van der Waals surface area contributed by atoms with Gasteiger partial charge in [0.15, 0.2) is 0 Å². The van der Waals surface area contributed by atoms with Gasteiger partial charge in [0.05, 0.1) is 5.56 Å². The first-order valence-corrected chi connectivity index (χ1v) is 5.62. The van der Waals surface area contributed by atoms with E-state index < -0.39 is 23.8 Å². The first-order valence-electron chi connectivity index (χ1n) is 5.62. The van der Waals surface area contributed by atoms with Crippen LogP contribution in [0.4, 0.5) is 0 Å². The van der Waals surface area contributed by atoms with Crippen LogP contribution in [0.25, 0.3) is 0 Å². The second-order valence-electron chi connectivity index (χ2n) is 4.33. The van der Waals surface area contributed by atoms with Crippen molar-refractivity contribution < 1.29 is 19.5 Å². The highest BCUT2D eigenvalue weighted by Gasteiger charge is 2.24. The molecule has 0 unspecified atom stereocenters. The number of nitrogens with two attached hydrogens (primary N) is 1. The van der Waals surface area contributed by atoms with Crippen LogP contribution >= 0.6 is 0 Å². The van der Waals surface area contributed by atoms with E-state index in [1.165, 1.54) is 18.3 Å². The average Bonchev–Trinajstić information content (AvgIpc) is 2.34. The molecule has 4 N–H and O–H groups in total. The molecule has 0 saturated carbocycles. The fourth-order valence-electron chi connectivity index (χ4n) is 1.40. The largest absolute Gasteiger partial charge is 0.480 e. The number of hydrogen-bond donors (Lipinski definition) is 3. The van der Waals surface area contributed by atoms with Crippen LogP contribution in [0.2, 0.25) is 0 Å². The molecule has 0 aliphatic rings. The summed E-state index contributed by atoms with van der Waals surface area (Å²) in [7, 11) is 0. The Morgan fingerprint density at radius 3 is 2.32 bits per heavy atom. The van der Waals surface area contributed by atoms with Gasteiger partial charge in [-0.15, -0.1) is 0 Å². The topological polar surface area (TPSA) is 122 Å². The molecule has 0 bridgehead atoms. The van der Waals surface area contributed by atoms with Gasteiger partial charge < -0.3 is 16.2 Å². The van der Waals surface area contributed by atoms with Crippen molar-refractivity contribution in [2.75, 3.05) is 0 Å². The quantitative estimate of drug-likeness (QED) is 0.692. The lowest BCUT2D eigenvalue weighted by Crippen LogP contribution is -2.44. The normalized spacial score (nSPS) is 11.9. The van der Waals surface area contributed by atoms with Crippen molar-refractivity contribution in [3.05, 3.63) is 29.6 Å². The molecule has 0 aliphatic heterocycles. The van der Waals surface area contributed by atoms with Crippen LogP contribution < -0.4 is 11.1 Å². The molecule has 0 aliphatic carbocycles. The summed E-state index contributed by atoms with van der Waals surface area (Å²) in [5, 5.41) is 11.3. The van der Waals surface area contributed by atoms with Crippen molar-refractivity contribution in [2.24, 2.45) is 11.7 Å². The van der Waals surface area contributed by atoms with Gasteiger partial charge in [-0.3, -0.25) is 14.6 Å². The summed E-state index contributed by atoms with van der Waals surface area (Å²) in [5.74, 6) is -2.63. The lowest BCUT2D eigenvalue weighted by Gasteiger charge is -2.17. The zero-order valence-corrected chi connectivity index (χ0v) is 10.6. The van der Waals surface area contributed by atoms with Crippen LogP contribution in [0.5, 0.6) is 0 Å². The molecule has 0 spiro atoms. The molecule has 0 aromatic carbocycles. The molecule has 1 aromatic heterocycles. The predicted octanol–water partition coefficient (Wildman–Crippen LogP) is 0.0195. The van der Waals surface area contributed by atoms with Crippen molar-refractivity contribution in [3.8, 4) is 0 Å². The summed E-state index contributed by atoms with van der Waals surface area (Å²) in [6.07, 6.45) is 1.17. The molecular weight excluding hydrogens is 250 g/mol. The zero-order valence-electron chi connectivity index (χ0n) is 10.6. The number of aromatic nitrogens is 1. The van der Waals surface area contributed by atoms with Crippen LogP contribution in [-0.2, 0) is 4.79 Å². The van der Waals surface area contributed by atoms with Crippen LogP contribution in [0.3, 0.4) is 0 Å². The van der Waals surface area contributed by atoms with Gasteiger partial charge in [-0.05, 0) is 18.1 Å². The van der Waals surface area contributed by atoms with E-state index in [-0.39, 0.29) is 17.2 Å². The molecule has 1 heterocycles. The maximum atomic E-state index is 11.8. The molecule has 102 valence electrons. The summed E-state index contributed by atoms with van der Waals surface area (Å²) in [4.78, 5) is 37.4. The maximum Gasteiger partial charge on any atom is 0.326 e. The number of pyridine rings is 1. The van der Waals surface area contributed by atoms with E-state index in [4.69, 9.17) is 10.8 Å². The highest BCUT2D eigenvalue weighted by molar-refractivity contribution is 5.96. The van der Waals surface area contributed by atoms with Gasteiger partial charge in [0, 0.05) is 6.20 Å². The number of carboxylic acids is 1. The van der Waals surface area contributed by atoms with Crippen LogP contribution in [0.1, 0.15) is 34.7 Å². The smallest absolute Gasteiger partial charge is 0.326 e. The predicted molar refractivity (Wildman–Crippen MR) is 66.5 cm³/mol. The highest BCUT2D eigenvalue weighted by atomic mass is 16.4. The van der Waals surface area contributed by atoms with Crippen LogP contribution in [0, 0.1) is 5.92 Å². The average molecular weight is 265 g/mol. The van der Waals surface area contributed by atoms with Gasteiger partial charge in [-0.2, -0.15) is 0 Å². The standard InChI is InChI=1S/C12H15N3O4/c1-6(2)9(12(18)19)15-11(17)8-4-3-7(5-14-8)10(13)16/h3-6,9H,1-2H3,(H2,13,16)(H,15,17)(H,18,19)/t9-/m0/s1. The molecule has 7 heteroatoms. The number of primary amides is 1. The molecule has 1 atom stereocenters.